The first kappa shape index (κ1) is 15.5. The smallest absolute Gasteiger partial charge is 0.233 e. The zero-order valence-corrected chi connectivity index (χ0v) is 12.8. The summed E-state index contributed by atoms with van der Waals surface area (Å²) < 4.78 is 41.2. The molecule has 0 unspecified atom stereocenters. The lowest BCUT2D eigenvalue weighted by molar-refractivity contribution is 0.532. The van der Waals surface area contributed by atoms with Crippen molar-refractivity contribution in [3.8, 4) is 0 Å². The van der Waals surface area contributed by atoms with Crippen LogP contribution in [0.25, 0.3) is 0 Å². The third-order valence-corrected chi connectivity index (χ3v) is 4.24. The van der Waals surface area contributed by atoms with Gasteiger partial charge in [0.1, 0.15) is 5.82 Å². The number of benzene rings is 1. The van der Waals surface area contributed by atoms with Gasteiger partial charge in [0.2, 0.25) is 10.0 Å². The summed E-state index contributed by atoms with van der Waals surface area (Å²) in [4.78, 5) is 0. The molecule has 0 fully saturated rings. The number of aryl methyl sites for hydroxylation is 1. The minimum absolute atomic E-state index is 0.108. The van der Waals surface area contributed by atoms with Crippen molar-refractivity contribution in [2.24, 2.45) is 0 Å². The number of hydrogen-bond donors (Lipinski definition) is 1. The summed E-state index contributed by atoms with van der Waals surface area (Å²) in [6.45, 7) is 3.91. The predicted molar refractivity (Wildman–Crippen MR) is 80.1 cm³/mol. The van der Waals surface area contributed by atoms with Crippen molar-refractivity contribution in [2.45, 2.75) is 26.3 Å². The number of nitrogens with zero attached hydrogens (tertiary/aromatic N) is 2. The molecule has 1 aromatic carbocycles. The molecule has 0 atom stereocenters. The van der Waals surface area contributed by atoms with Crippen molar-refractivity contribution < 1.29 is 12.8 Å². The van der Waals surface area contributed by atoms with Crippen LogP contribution in [0.5, 0.6) is 0 Å². The molecule has 0 radical (unpaired) electrons. The van der Waals surface area contributed by atoms with E-state index in [1.54, 1.807) is 23.0 Å². The molecule has 0 amide bonds. The molecule has 0 aliphatic rings. The van der Waals surface area contributed by atoms with E-state index in [0.29, 0.717) is 11.3 Å². The highest BCUT2D eigenvalue weighted by molar-refractivity contribution is 7.92. The van der Waals surface area contributed by atoms with E-state index in [1.165, 1.54) is 18.3 Å². The van der Waals surface area contributed by atoms with Crippen LogP contribution < -0.4 is 4.72 Å². The number of rotatable bonds is 6. The van der Waals surface area contributed by atoms with E-state index in [-0.39, 0.29) is 24.0 Å². The third kappa shape index (κ3) is 4.56. The Labute approximate surface area is 123 Å². The zero-order valence-electron chi connectivity index (χ0n) is 12.0. The number of hydrogen-bond acceptors (Lipinski definition) is 3. The Morgan fingerprint density at radius 2 is 2.14 bits per heavy atom. The van der Waals surface area contributed by atoms with Crippen LogP contribution >= 0.6 is 0 Å². The van der Waals surface area contributed by atoms with Gasteiger partial charge in [-0.15, -0.1) is 0 Å². The summed E-state index contributed by atoms with van der Waals surface area (Å²) in [5.74, 6) is -0.473. The van der Waals surface area contributed by atoms with Gasteiger partial charge in [0.15, 0.2) is 0 Å². The van der Waals surface area contributed by atoms with Gasteiger partial charge in [-0.25, -0.2) is 12.8 Å². The highest BCUT2D eigenvalue weighted by atomic mass is 32.2. The lowest BCUT2D eigenvalue weighted by Crippen LogP contribution is -2.18. The molecule has 2 aromatic rings. The lowest BCUT2D eigenvalue weighted by atomic mass is 10.2. The second-order valence-corrected chi connectivity index (χ2v) is 6.95. The van der Waals surface area contributed by atoms with Gasteiger partial charge in [0, 0.05) is 12.2 Å². The normalized spacial score (nSPS) is 11.8. The van der Waals surface area contributed by atoms with Crippen LogP contribution in [0.2, 0.25) is 0 Å². The monoisotopic (exact) mass is 311 g/mol. The predicted octanol–water partition coefficient (Wildman–Crippen LogP) is 2.59. The van der Waals surface area contributed by atoms with Gasteiger partial charge in [-0.1, -0.05) is 12.1 Å². The highest BCUT2D eigenvalue weighted by Gasteiger charge is 2.12. The summed E-state index contributed by atoms with van der Waals surface area (Å²) in [5.41, 5.74) is 1.08. The van der Waals surface area contributed by atoms with E-state index >= 15 is 0 Å². The van der Waals surface area contributed by atoms with Crippen LogP contribution in [0.4, 0.5) is 10.1 Å². The van der Waals surface area contributed by atoms with Crippen molar-refractivity contribution >= 4 is 15.7 Å². The van der Waals surface area contributed by atoms with Crippen molar-refractivity contribution in [2.75, 3.05) is 10.5 Å². The van der Waals surface area contributed by atoms with E-state index < -0.39 is 10.0 Å². The average Bonchev–Trinajstić information content (AvgIpc) is 2.85. The molecule has 2 rings (SSSR count). The Balaban J connectivity index is 1.98. The Bertz CT molecular complexity index is 711. The summed E-state index contributed by atoms with van der Waals surface area (Å²) in [7, 11) is -3.48. The van der Waals surface area contributed by atoms with Gasteiger partial charge >= 0.3 is 0 Å². The molecule has 0 aliphatic heterocycles. The van der Waals surface area contributed by atoms with E-state index in [0.717, 1.165) is 0 Å². The third-order valence-electron chi connectivity index (χ3n) is 2.95. The molecule has 1 aromatic heterocycles. The topological polar surface area (TPSA) is 64.0 Å². The van der Waals surface area contributed by atoms with Crippen LogP contribution in [0.1, 0.15) is 25.5 Å². The zero-order chi connectivity index (χ0) is 15.5. The molecule has 0 bridgehead atoms. The summed E-state index contributed by atoms with van der Waals surface area (Å²) in [6, 6.07) is 6.10. The second-order valence-electron chi connectivity index (χ2n) is 5.10. The van der Waals surface area contributed by atoms with Gasteiger partial charge < -0.3 is 0 Å². The first-order valence-corrected chi connectivity index (χ1v) is 8.30. The number of anilines is 1. The second kappa shape index (κ2) is 6.26. The lowest BCUT2D eigenvalue weighted by Gasteiger charge is -2.06. The van der Waals surface area contributed by atoms with Crippen molar-refractivity contribution in [3.63, 3.8) is 0 Å². The number of halogens is 1. The van der Waals surface area contributed by atoms with Gasteiger partial charge in [-0.2, -0.15) is 5.10 Å². The Hall–Kier alpha value is -1.89. The number of aromatic nitrogens is 2. The summed E-state index contributed by atoms with van der Waals surface area (Å²) in [6.07, 6.45) is 3.37. The van der Waals surface area contributed by atoms with E-state index in [4.69, 9.17) is 0 Å². The molecular formula is C14H18FN3O2S. The van der Waals surface area contributed by atoms with Crippen molar-refractivity contribution in [1.82, 2.24) is 9.78 Å². The minimum atomic E-state index is -3.48. The van der Waals surface area contributed by atoms with Gasteiger partial charge in [0.05, 0.1) is 17.6 Å². The first-order valence-electron chi connectivity index (χ1n) is 6.65. The quantitative estimate of drug-likeness (QED) is 0.892. The van der Waals surface area contributed by atoms with Crippen LogP contribution in [-0.4, -0.2) is 24.0 Å². The van der Waals surface area contributed by atoms with Gasteiger partial charge in [-0.3, -0.25) is 9.40 Å². The average molecular weight is 311 g/mol. The molecule has 21 heavy (non-hydrogen) atoms. The maximum absolute atomic E-state index is 13.0. The molecule has 0 spiro atoms. The largest absolute Gasteiger partial charge is 0.280 e. The fourth-order valence-electron chi connectivity index (χ4n) is 1.85. The van der Waals surface area contributed by atoms with Crippen LogP contribution in [0, 0.1) is 5.82 Å². The Morgan fingerprint density at radius 1 is 1.38 bits per heavy atom. The SMILES string of the molecule is CC(C)n1cc(NS(=O)(=O)CCc2cccc(F)c2)cn1. The van der Waals surface area contributed by atoms with E-state index in [2.05, 4.69) is 9.82 Å². The van der Waals surface area contributed by atoms with E-state index in [9.17, 15) is 12.8 Å². The fourth-order valence-corrected chi connectivity index (χ4v) is 2.92. The number of nitrogens with one attached hydrogen (secondary N) is 1. The van der Waals surface area contributed by atoms with Gasteiger partial charge in [-0.05, 0) is 38.0 Å². The standard InChI is InChI=1S/C14H18FN3O2S/c1-11(2)18-10-14(9-16-18)17-21(19,20)7-6-12-4-3-5-13(15)8-12/h3-5,8-11,17H,6-7H2,1-2H3. The molecule has 0 aliphatic carbocycles. The molecule has 7 heteroatoms. The maximum atomic E-state index is 13.0. The molecular weight excluding hydrogens is 293 g/mol. The van der Waals surface area contributed by atoms with Crippen LogP contribution in [0.15, 0.2) is 36.7 Å². The Kier molecular flexibility index (Phi) is 4.62. The van der Waals surface area contributed by atoms with E-state index in [1.807, 2.05) is 13.8 Å². The molecule has 0 saturated carbocycles. The summed E-state index contributed by atoms with van der Waals surface area (Å²) in [5, 5.41) is 4.07. The molecule has 5 nitrogen and oxygen atoms in total. The highest BCUT2D eigenvalue weighted by Crippen LogP contribution is 2.13. The Morgan fingerprint density at radius 3 is 2.76 bits per heavy atom. The van der Waals surface area contributed by atoms with Gasteiger partial charge in [0.25, 0.3) is 0 Å². The van der Waals surface area contributed by atoms with Crippen molar-refractivity contribution in [3.05, 3.63) is 48.0 Å². The fraction of sp³-hybridized carbons (Fsp3) is 0.357. The summed E-state index contributed by atoms with van der Waals surface area (Å²) >= 11 is 0. The molecule has 114 valence electrons. The van der Waals surface area contributed by atoms with Crippen LogP contribution in [-0.2, 0) is 16.4 Å². The number of sulfonamides is 1. The van der Waals surface area contributed by atoms with Crippen molar-refractivity contribution in [1.29, 1.82) is 0 Å². The molecule has 0 saturated heterocycles. The minimum Gasteiger partial charge on any atom is -0.280 e. The first-order chi connectivity index (χ1) is 9.85. The molecule has 1 N–H and O–H groups in total. The maximum Gasteiger partial charge on any atom is 0.233 e. The van der Waals surface area contributed by atoms with Crippen LogP contribution in [0.3, 0.4) is 0 Å². The molecule has 1 heterocycles.